The molecule has 1 aromatic rings. The number of thioether (sulfide) groups is 1. The molecule has 2 heterocycles. The van der Waals surface area contributed by atoms with Gasteiger partial charge in [0.15, 0.2) is 11.5 Å². The maximum Gasteiger partial charge on any atom is 0.352 e. The molecule has 0 atom stereocenters. The van der Waals surface area contributed by atoms with E-state index >= 15 is 0 Å². The van der Waals surface area contributed by atoms with Crippen molar-refractivity contribution >= 4 is 23.4 Å². The SMILES string of the molecule is O=C(O)C1=Nn2c(nnc2C2CCCCC2)SC1. The molecule has 0 unspecified atom stereocenters. The summed E-state index contributed by atoms with van der Waals surface area (Å²) < 4.78 is 1.63. The number of aromatic nitrogens is 3. The van der Waals surface area contributed by atoms with E-state index in [2.05, 4.69) is 15.3 Å². The first-order valence-corrected chi connectivity index (χ1v) is 7.13. The second-order valence-electron chi connectivity index (χ2n) is 4.63. The Labute approximate surface area is 108 Å². The van der Waals surface area contributed by atoms with Gasteiger partial charge in [0.2, 0.25) is 5.16 Å². The zero-order valence-corrected chi connectivity index (χ0v) is 10.7. The van der Waals surface area contributed by atoms with Crippen molar-refractivity contribution in [3.05, 3.63) is 5.82 Å². The van der Waals surface area contributed by atoms with E-state index in [0.717, 1.165) is 18.7 Å². The number of nitrogens with zero attached hydrogens (tertiary/aromatic N) is 4. The minimum atomic E-state index is -0.962. The van der Waals surface area contributed by atoms with Crippen molar-refractivity contribution in [2.24, 2.45) is 5.10 Å². The lowest BCUT2D eigenvalue weighted by Crippen LogP contribution is -2.22. The first-order chi connectivity index (χ1) is 8.75. The Morgan fingerprint density at radius 2 is 2.06 bits per heavy atom. The summed E-state index contributed by atoms with van der Waals surface area (Å²) in [6.45, 7) is 0. The highest BCUT2D eigenvalue weighted by atomic mass is 32.2. The first-order valence-electron chi connectivity index (χ1n) is 6.15. The Hall–Kier alpha value is -1.37. The molecule has 0 saturated heterocycles. The molecule has 6 nitrogen and oxygen atoms in total. The van der Waals surface area contributed by atoms with Gasteiger partial charge in [-0.05, 0) is 12.8 Å². The zero-order valence-electron chi connectivity index (χ0n) is 9.87. The van der Waals surface area contributed by atoms with Gasteiger partial charge in [0.05, 0.1) is 5.75 Å². The molecular weight excluding hydrogens is 252 g/mol. The molecule has 0 amide bonds. The highest BCUT2D eigenvalue weighted by Crippen LogP contribution is 2.34. The highest BCUT2D eigenvalue weighted by molar-refractivity contribution is 8.00. The summed E-state index contributed by atoms with van der Waals surface area (Å²) in [6, 6.07) is 0. The zero-order chi connectivity index (χ0) is 12.5. The molecule has 1 aliphatic heterocycles. The van der Waals surface area contributed by atoms with E-state index in [0.29, 0.717) is 16.8 Å². The molecule has 0 bridgehead atoms. The number of carboxylic acids is 1. The van der Waals surface area contributed by atoms with Crippen LogP contribution >= 0.6 is 11.8 Å². The van der Waals surface area contributed by atoms with Gasteiger partial charge < -0.3 is 5.11 Å². The topological polar surface area (TPSA) is 80.4 Å². The summed E-state index contributed by atoms with van der Waals surface area (Å²) >= 11 is 1.39. The second kappa shape index (κ2) is 4.72. The Morgan fingerprint density at radius 3 is 2.78 bits per heavy atom. The number of hydrogen-bond acceptors (Lipinski definition) is 5. The van der Waals surface area contributed by atoms with Crippen LogP contribution in [0.4, 0.5) is 0 Å². The second-order valence-corrected chi connectivity index (χ2v) is 5.57. The number of fused-ring (bicyclic) bond motifs is 1. The van der Waals surface area contributed by atoms with Gasteiger partial charge in [-0.2, -0.15) is 9.78 Å². The quantitative estimate of drug-likeness (QED) is 0.881. The van der Waals surface area contributed by atoms with Crippen molar-refractivity contribution in [3.63, 3.8) is 0 Å². The van der Waals surface area contributed by atoms with E-state index in [1.165, 1.54) is 31.0 Å². The molecule has 1 fully saturated rings. The Balaban J connectivity index is 1.94. The summed E-state index contributed by atoms with van der Waals surface area (Å²) in [6.07, 6.45) is 5.88. The predicted octanol–water partition coefficient (Wildman–Crippen LogP) is 1.72. The monoisotopic (exact) mass is 266 g/mol. The van der Waals surface area contributed by atoms with Crippen LogP contribution in [0.3, 0.4) is 0 Å². The van der Waals surface area contributed by atoms with Crippen LogP contribution in [0, 0.1) is 0 Å². The molecule has 2 aliphatic rings. The van der Waals surface area contributed by atoms with Gasteiger partial charge in [-0.15, -0.1) is 10.2 Å². The fourth-order valence-corrected chi connectivity index (χ4v) is 3.27. The summed E-state index contributed by atoms with van der Waals surface area (Å²) in [5.41, 5.74) is 0.171. The predicted molar refractivity (Wildman–Crippen MR) is 67.0 cm³/mol. The van der Waals surface area contributed by atoms with Gasteiger partial charge in [0.25, 0.3) is 0 Å². The first kappa shape index (κ1) is 11.7. The summed E-state index contributed by atoms with van der Waals surface area (Å²) in [5, 5.41) is 22.2. The fourth-order valence-electron chi connectivity index (χ4n) is 2.46. The van der Waals surface area contributed by atoms with Gasteiger partial charge in [-0.1, -0.05) is 31.0 Å². The average Bonchev–Trinajstić information content (AvgIpc) is 2.82. The van der Waals surface area contributed by atoms with Gasteiger partial charge in [0.1, 0.15) is 0 Å². The molecule has 1 saturated carbocycles. The lowest BCUT2D eigenvalue weighted by Gasteiger charge is -2.21. The van der Waals surface area contributed by atoms with E-state index < -0.39 is 5.97 Å². The fraction of sp³-hybridized carbons (Fsp3) is 0.636. The Bertz CT molecular complexity index is 505. The largest absolute Gasteiger partial charge is 0.477 e. The third kappa shape index (κ3) is 2.03. The van der Waals surface area contributed by atoms with Crippen LogP contribution in [0.2, 0.25) is 0 Å². The molecule has 96 valence electrons. The molecule has 0 radical (unpaired) electrons. The minimum Gasteiger partial charge on any atom is -0.477 e. The van der Waals surface area contributed by atoms with Crippen molar-refractivity contribution in [3.8, 4) is 0 Å². The molecular formula is C11H14N4O2S. The van der Waals surface area contributed by atoms with E-state index in [4.69, 9.17) is 5.11 Å². The van der Waals surface area contributed by atoms with Crippen molar-refractivity contribution in [1.82, 2.24) is 14.9 Å². The third-order valence-corrected chi connectivity index (χ3v) is 4.34. The lowest BCUT2D eigenvalue weighted by atomic mass is 9.89. The Kier molecular flexibility index (Phi) is 3.07. The van der Waals surface area contributed by atoms with Crippen molar-refractivity contribution < 1.29 is 9.90 Å². The smallest absolute Gasteiger partial charge is 0.352 e. The summed E-state index contributed by atoms with van der Waals surface area (Å²) in [7, 11) is 0. The third-order valence-electron chi connectivity index (χ3n) is 3.41. The number of rotatable bonds is 2. The van der Waals surface area contributed by atoms with Crippen LogP contribution in [-0.4, -0.2) is 37.4 Å². The maximum atomic E-state index is 11.0. The lowest BCUT2D eigenvalue weighted by molar-refractivity contribution is -0.129. The molecule has 7 heteroatoms. The average molecular weight is 266 g/mol. The summed E-state index contributed by atoms with van der Waals surface area (Å²) in [5.74, 6) is 0.600. The van der Waals surface area contributed by atoms with Gasteiger partial charge in [-0.25, -0.2) is 4.79 Å². The van der Waals surface area contributed by atoms with Gasteiger partial charge >= 0.3 is 5.97 Å². The molecule has 1 aliphatic carbocycles. The minimum absolute atomic E-state index is 0.171. The van der Waals surface area contributed by atoms with Crippen molar-refractivity contribution in [2.45, 2.75) is 43.2 Å². The van der Waals surface area contributed by atoms with E-state index in [-0.39, 0.29) is 5.71 Å². The van der Waals surface area contributed by atoms with Gasteiger partial charge in [0, 0.05) is 5.92 Å². The number of hydrogen-bond donors (Lipinski definition) is 1. The molecule has 1 N–H and O–H groups in total. The molecule has 3 rings (SSSR count). The van der Waals surface area contributed by atoms with Crippen molar-refractivity contribution in [2.75, 3.05) is 5.75 Å². The van der Waals surface area contributed by atoms with Crippen LogP contribution in [0.1, 0.15) is 43.8 Å². The van der Waals surface area contributed by atoms with Crippen LogP contribution in [0.5, 0.6) is 0 Å². The summed E-state index contributed by atoms with van der Waals surface area (Å²) in [4.78, 5) is 11.0. The van der Waals surface area contributed by atoms with Crippen molar-refractivity contribution in [1.29, 1.82) is 0 Å². The normalized spacial score (nSPS) is 20.3. The number of carboxylic acid groups (broad SMARTS) is 1. The van der Waals surface area contributed by atoms with Crippen LogP contribution in [-0.2, 0) is 4.79 Å². The van der Waals surface area contributed by atoms with Gasteiger partial charge in [-0.3, -0.25) is 0 Å². The molecule has 0 aromatic carbocycles. The number of aliphatic carboxylic acids is 1. The van der Waals surface area contributed by atoms with Crippen LogP contribution < -0.4 is 0 Å². The van der Waals surface area contributed by atoms with E-state index in [9.17, 15) is 4.79 Å². The molecule has 18 heavy (non-hydrogen) atoms. The van der Waals surface area contributed by atoms with Crippen LogP contribution in [0.25, 0.3) is 0 Å². The standard InChI is InChI=1S/C11H14N4O2S/c16-10(17)8-6-18-11-13-12-9(15(11)14-8)7-4-2-1-3-5-7/h7H,1-6H2,(H,16,17). The van der Waals surface area contributed by atoms with Crippen LogP contribution in [0.15, 0.2) is 10.3 Å². The highest BCUT2D eigenvalue weighted by Gasteiger charge is 2.27. The number of carbonyl (C=O) groups is 1. The Morgan fingerprint density at radius 1 is 1.28 bits per heavy atom. The van der Waals surface area contributed by atoms with E-state index in [1.54, 1.807) is 4.68 Å². The van der Waals surface area contributed by atoms with E-state index in [1.807, 2.05) is 0 Å². The maximum absolute atomic E-state index is 11.0. The molecule has 1 aromatic heterocycles. The molecule has 0 spiro atoms.